The van der Waals surface area contributed by atoms with Crippen molar-refractivity contribution in [3.8, 4) is 23.0 Å². The number of aryl methyl sites for hydroxylation is 1. The van der Waals surface area contributed by atoms with Crippen molar-refractivity contribution in [3.63, 3.8) is 0 Å². The summed E-state index contributed by atoms with van der Waals surface area (Å²) in [6.07, 6.45) is 13.8. The topological polar surface area (TPSA) is 113 Å². The predicted octanol–water partition coefficient (Wildman–Crippen LogP) is 11.5. The minimum absolute atomic E-state index is 0.0291. The molecular formula is C47H72FN5O4. The molecular weight excluding hydrogens is 718 g/mol. The standard InChI is InChI=1S/C24H25FN4O2.C15H31NO2.C6H10.C2H6/c1-17-14-24(18-2-3-19(16-26)23(25)15-18)29(27-17)21-6-4-20(5-7-21)28-10-8-22(9-11-28)31-13-12-30;1-7-12(3)10-9-11-13(8-2)16-14(17)18-15(4,5)6;1-2-6-4-3-5-6;1-2/h2-7,14-15,22,30H,8-13H2,1H3;12-13H,7-11H2,1-6H3,(H,16,17);2H,3-5H2,1H3;1-2H3. The molecule has 3 aromatic rings. The quantitative estimate of drug-likeness (QED) is 0.166. The van der Waals surface area contributed by atoms with Crippen molar-refractivity contribution < 1.29 is 23.8 Å². The van der Waals surface area contributed by atoms with Gasteiger partial charge in [-0.25, -0.2) is 13.9 Å². The van der Waals surface area contributed by atoms with Crippen LogP contribution in [0.4, 0.5) is 14.9 Å². The van der Waals surface area contributed by atoms with Gasteiger partial charge in [-0.2, -0.15) is 10.4 Å². The second kappa shape index (κ2) is 25.9. The number of carbonyl (C=O) groups is 1. The van der Waals surface area contributed by atoms with E-state index in [1.54, 1.807) is 16.3 Å². The highest BCUT2D eigenvalue weighted by Gasteiger charge is 2.21. The Morgan fingerprint density at radius 1 is 1.05 bits per heavy atom. The maximum Gasteiger partial charge on any atom is 0.407 e. The number of benzene rings is 2. The molecule has 2 aliphatic rings. The van der Waals surface area contributed by atoms with Crippen molar-refractivity contribution >= 4 is 11.8 Å². The van der Waals surface area contributed by atoms with E-state index < -0.39 is 11.4 Å². The Morgan fingerprint density at radius 3 is 2.19 bits per heavy atom. The molecule has 2 heterocycles. The van der Waals surface area contributed by atoms with Crippen molar-refractivity contribution in [2.75, 3.05) is 31.2 Å². The number of allylic oxidation sites excluding steroid dienone is 2. The number of aliphatic hydroxyl groups is 1. The molecule has 1 aromatic heterocycles. The number of piperidine rings is 1. The zero-order valence-corrected chi connectivity index (χ0v) is 36.7. The molecule has 10 heteroatoms. The van der Waals surface area contributed by atoms with Crippen LogP contribution < -0.4 is 10.2 Å². The number of amides is 1. The van der Waals surface area contributed by atoms with Crippen LogP contribution in [0.15, 0.2) is 60.2 Å². The van der Waals surface area contributed by atoms with Crippen LogP contribution in [-0.4, -0.2) is 65.0 Å². The molecule has 2 unspecified atom stereocenters. The number of halogens is 1. The van der Waals surface area contributed by atoms with Gasteiger partial charge in [0.1, 0.15) is 17.5 Å². The Labute approximate surface area is 343 Å². The summed E-state index contributed by atoms with van der Waals surface area (Å²) in [5.41, 5.74) is 5.56. The fourth-order valence-electron chi connectivity index (χ4n) is 6.41. The summed E-state index contributed by atoms with van der Waals surface area (Å²) in [6, 6.07) is 16.8. The normalized spacial score (nSPS) is 14.9. The predicted molar refractivity (Wildman–Crippen MR) is 232 cm³/mol. The molecule has 1 aliphatic carbocycles. The number of nitrogens with one attached hydrogen (secondary N) is 1. The van der Waals surface area contributed by atoms with Crippen molar-refractivity contribution in [1.82, 2.24) is 15.1 Å². The highest BCUT2D eigenvalue weighted by Crippen LogP contribution is 2.28. The lowest BCUT2D eigenvalue weighted by Crippen LogP contribution is -2.38. The van der Waals surface area contributed by atoms with Gasteiger partial charge in [0.15, 0.2) is 0 Å². The largest absolute Gasteiger partial charge is 0.444 e. The van der Waals surface area contributed by atoms with E-state index in [4.69, 9.17) is 19.8 Å². The maximum absolute atomic E-state index is 14.2. The molecule has 0 bridgehead atoms. The summed E-state index contributed by atoms with van der Waals surface area (Å²) in [5, 5.41) is 25.4. The number of hydrogen-bond acceptors (Lipinski definition) is 7. The third kappa shape index (κ3) is 17.5. The van der Waals surface area contributed by atoms with Crippen LogP contribution in [0.3, 0.4) is 0 Å². The number of aliphatic hydroxyl groups excluding tert-OH is 1. The fourth-order valence-corrected chi connectivity index (χ4v) is 6.41. The van der Waals surface area contributed by atoms with Crippen LogP contribution in [0.5, 0.6) is 0 Å². The lowest BCUT2D eigenvalue weighted by molar-refractivity contribution is 0.0159. The van der Waals surface area contributed by atoms with Crippen molar-refractivity contribution in [2.45, 2.75) is 151 Å². The summed E-state index contributed by atoms with van der Waals surface area (Å²) >= 11 is 0. The number of anilines is 1. The molecule has 2 atom stereocenters. The number of alkyl carbamates (subject to hydrolysis) is 1. The Morgan fingerprint density at radius 2 is 1.70 bits per heavy atom. The molecule has 5 rings (SSSR count). The number of carbonyl (C=O) groups excluding carboxylic acids is 1. The van der Waals surface area contributed by atoms with Gasteiger partial charge in [-0.3, -0.25) is 0 Å². The van der Waals surface area contributed by atoms with Crippen LogP contribution >= 0.6 is 0 Å². The Kier molecular flexibility index (Phi) is 22.3. The number of rotatable bonds is 13. The fraction of sp³-hybridized carbons (Fsp3) is 0.596. The summed E-state index contributed by atoms with van der Waals surface area (Å²) in [5.74, 6) is 0.246. The Hall–Kier alpha value is -4.20. The first kappa shape index (κ1) is 48.9. The zero-order chi connectivity index (χ0) is 42.4. The third-order valence-electron chi connectivity index (χ3n) is 10.1. The third-order valence-corrected chi connectivity index (χ3v) is 10.1. The molecule has 0 radical (unpaired) electrons. The van der Waals surface area contributed by atoms with Crippen LogP contribution in [-0.2, 0) is 9.47 Å². The Balaban J connectivity index is 0.000000363. The minimum atomic E-state index is -0.535. The van der Waals surface area contributed by atoms with E-state index in [0.29, 0.717) is 12.2 Å². The minimum Gasteiger partial charge on any atom is -0.444 e. The van der Waals surface area contributed by atoms with Gasteiger partial charge in [0.25, 0.3) is 0 Å². The number of ether oxygens (including phenoxy) is 2. The van der Waals surface area contributed by atoms with Crippen LogP contribution in [0.1, 0.15) is 138 Å². The van der Waals surface area contributed by atoms with Gasteiger partial charge in [0.2, 0.25) is 0 Å². The van der Waals surface area contributed by atoms with Gasteiger partial charge in [0, 0.05) is 30.4 Å². The van der Waals surface area contributed by atoms with E-state index in [2.05, 4.69) is 61.2 Å². The average molecular weight is 790 g/mol. The van der Waals surface area contributed by atoms with Crippen molar-refractivity contribution in [3.05, 3.63) is 77.3 Å². The number of nitrogens with zero attached hydrogens (tertiary/aromatic N) is 4. The summed E-state index contributed by atoms with van der Waals surface area (Å²) < 4.78 is 26.9. The van der Waals surface area contributed by atoms with E-state index in [1.165, 1.54) is 50.7 Å². The lowest BCUT2D eigenvalue weighted by atomic mass is 9.93. The summed E-state index contributed by atoms with van der Waals surface area (Å²) in [6.45, 7) is 22.6. The second-order valence-corrected chi connectivity index (χ2v) is 15.7. The number of nitriles is 1. The molecule has 1 saturated carbocycles. The van der Waals surface area contributed by atoms with Gasteiger partial charge < -0.3 is 24.8 Å². The second-order valence-electron chi connectivity index (χ2n) is 15.7. The summed E-state index contributed by atoms with van der Waals surface area (Å²) in [7, 11) is 0. The molecule has 2 fully saturated rings. The molecule has 1 saturated heterocycles. The molecule has 57 heavy (non-hydrogen) atoms. The highest BCUT2D eigenvalue weighted by molar-refractivity contribution is 5.68. The van der Waals surface area contributed by atoms with Crippen LogP contribution in [0.2, 0.25) is 0 Å². The lowest BCUT2D eigenvalue weighted by Gasteiger charge is -2.33. The molecule has 9 nitrogen and oxygen atoms in total. The first-order chi connectivity index (χ1) is 27.3. The van der Waals surface area contributed by atoms with Gasteiger partial charge >= 0.3 is 6.09 Å². The van der Waals surface area contributed by atoms with E-state index in [-0.39, 0.29) is 30.4 Å². The van der Waals surface area contributed by atoms with Crippen molar-refractivity contribution in [1.29, 1.82) is 5.26 Å². The van der Waals surface area contributed by atoms with Crippen LogP contribution in [0, 0.1) is 30.0 Å². The average Bonchev–Trinajstić information content (AvgIpc) is 3.58. The highest BCUT2D eigenvalue weighted by atomic mass is 19.1. The SMILES string of the molecule is CC.CC=C1CCC1.CCC(C)CCCC(CC)NC(=O)OC(C)(C)C.Cc1cc(-c2ccc(C#N)c(F)c2)n(-c2ccc(N3CCC(OCCO)CC3)cc2)n1. The number of aromatic nitrogens is 2. The van der Waals surface area contributed by atoms with Crippen molar-refractivity contribution in [2.24, 2.45) is 5.92 Å². The van der Waals surface area contributed by atoms with E-state index in [0.717, 1.165) is 67.5 Å². The Bertz CT molecular complexity index is 1660. The molecule has 316 valence electrons. The smallest absolute Gasteiger partial charge is 0.407 e. The molecule has 1 aliphatic heterocycles. The van der Waals surface area contributed by atoms with E-state index in [1.807, 2.05) is 65.8 Å². The zero-order valence-electron chi connectivity index (χ0n) is 36.7. The van der Waals surface area contributed by atoms with E-state index >= 15 is 0 Å². The molecule has 0 spiro atoms. The van der Waals surface area contributed by atoms with Gasteiger partial charge in [-0.15, -0.1) is 0 Å². The van der Waals surface area contributed by atoms with Gasteiger partial charge in [-0.05, 0) is 128 Å². The van der Waals surface area contributed by atoms with Gasteiger partial charge in [-0.1, -0.05) is 71.6 Å². The molecule has 2 aromatic carbocycles. The monoisotopic (exact) mass is 790 g/mol. The van der Waals surface area contributed by atoms with Gasteiger partial charge in [0.05, 0.1) is 42.0 Å². The van der Waals surface area contributed by atoms with E-state index in [9.17, 15) is 9.18 Å². The first-order valence-electron chi connectivity index (χ1n) is 21.3. The maximum atomic E-state index is 14.2. The molecule has 2 N–H and O–H groups in total. The first-order valence-corrected chi connectivity index (χ1v) is 21.3. The van der Waals surface area contributed by atoms with Crippen LogP contribution in [0.25, 0.3) is 16.9 Å². The molecule has 1 amide bonds. The summed E-state index contributed by atoms with van der Waals surface area (Å²) in [4.78, 5) is 14.0. The number of hydrogen-bond donors (Lipinski definition) is 2.